The second-order valence-electron chi connectivity index (χ2n) is 6.00. The minimum atomic E-state index is 0.0875. The fraction of sp³-hybridized carbons (Fsp3) is 0.923. The van der Waals surface area contributed by atoms with Crippen LogP contribution in [0.4, 0.5) is 0 Å². The molecule has 15 heavy (non-hydrogen) atoms. The third kappa shape index (κ3) is 8.46. The highest BCUT2D eigenvalue weighted by atomic mass is 16.1. The molecule has 0 heterocycles. The van der Waals surface area contributed by atoms with Crippen LogP contribution in [0.25, 0.3) is 0 Å². The Morgan fingerprint density at radius 3 is 2.13 bits per heavy atom. The van der Waals surface area contributed by atoms with Gasteiger partial charge in [0.1, 0.15) is 0 Å². The number of carbonyl (C=O) groups is 1. The fourth-order valence-electron chi connectivity index (χ4n) is 1.69. The van der Waals surface area contributed by atoms with Crippen LogP contribution in [-0.2, 0) is 4.79 Å². The first-order valence-corrected chi connectivity index (χ1v) is 5.99. The highest BCUT2D eigenvalue weighted by Crippen LogP contribution is 2.23. The number of hydrogen-bond donors (Lipinski definition) is 1. The van der Waals surface area contributed by atoms with Crippen molar-refractivity contribution in [2.75, 3.05) is 0 Å². The van der Waals surface area contributed by atoms with Crippen molar-refractivity contribution in [3.8, 4) is 0 Å². The van der Waals surface area contributed by atoms with Crippen molar-refractivity contribution in [1.29, 1.82) is 0 Å². The van der Waals surface area contributed by atoms with Gasteiger partial charge < -0.3 is 5.32 Å². The summed E-state index contributed by atoms with van der Waals surface area (Å²) < 4.78 is 0. The van der Waals surface area contributed by atoms with E-state index in [-0.39, 0.29) is 5.91 Å². The van der Waals surface area contributed by atoms with E-state index in [0.29, 0.717) is 17.4 Å². The molecular formula is C13H27NO. The van der Waals surface area contributed by atoms with E-state index in [4.69, 9.17) is 0 Å². The van der Waals surface area contributed by atoms with Crippen molar-refractivity contribution in [1.82, 2.24) is 5.32 Å². The maximum Gasteiger partial charge on any atom is 0.217 e. The lowest BCUT2D eigenvalue weighted by Crippen LogP contribution is -2.37. The molecule has 1 N–H and O–H groups in total. The van der Waals surface area contributed by atoms with Crippen LogP contribution in [0.5, 0.6) is 0 Å². The van der Waals surface area contributed by atoms with Gasteiger partial charge in [-0.1, -0.05) is 41.0 Å². The predicted octanol–water partition coefficient (Wildman–Crippen LogP) is 3.36. The van der Waals surface area contributed by atoms with Gasteiger partial charge in [0.2, 0.25) is 5.91 Å². The molecule has 0 aromatic carbocycles. The lowest BCUT2D eigenvalue weighted by atomic mass is 9.87. The third-order valence-electron chi connectivity index (χ3n) is 2.64. The van der Waals surface area contributed by atoms with Crippen molar-refractivity contribution in [2.24, 2.45) is 11.3 Å². The summed E-state index contributed by atoms with van der Waals surface area (Å²) in [5.74, 6) is 0.610. The van der Waals surface area contributed by atoms with E-state index in [2.05, 4.69) is 39.9 Å². The number of hydrogen-bond acceptors (Lipinski definition) is 1. The second-order valence-corrected chi connectivity index (χ2v) is 6.00. The van der Waals surface area contributed by atoms with Crippen LogP contribution in [0.1, 0.15) is 60.8 Å². The molecule has 0 bridgehead atoms. The lowest BCUT2D eigenvalue weighted by molar-refractivity contribution is -0.120. The number of amides is 1. The van der Waals surface area contributed by atoms with E-state index in [0.717, 1.165) is 6.42 Å². The van der Waals surface area contributed by atoms with Gasteiger partial charge >= 0.3 is 0 Å². The van der Waals surface area contributed by atoms with Gasteiger partial charge in [-0.15, -0.1) is 0 Å². The molecule has 2 nitrogen and oxygen atoms in total. The summed E-state index contributed by atoms with van der Waals surface area (Å²) in [6, 6.07) is 0.338. The smallest absolute Gasteiger partial charge is 0.217 e. The Kier molecular flexibility index (Phi) is 5.92. The summed E-state index contributed by atoms with van der Waals surface area (Å²) in [6.45, 7) is 12.7. The first-order valence-electron chi connectivity index (χ1n) is 5.99. The van der Waals surface area contributed by atoms with Gasteiger partial charge in [-0.2, -0.15) is 0 Å². The van der Waals surface area contributed by atoms with Gasteiger partial charge in [-0.25, -0.2) is 0 Å². The predicted molar refractivity (Wildman–Crippen MR) is 65.7 cm³/mol. The van der Waals surface area contributed by atoms with E-state index in [1.807, 2.05) is 0 Å². The van der Waals surface area contributed by atoms with Gasteiger partial charge in [0.05, 0.1) is 0 Å². The van der Waals surface area contributed by atoms with Crippen molar-refractivity contribution in [2.45, 2.75) is 66.8 Å². The van der Waals surface area contributed by atoms with Crippen molar-refractivity contribution >= 4 is 5.91 Å². The van der Waals surface area contributed by atoms with Crippen LogP contribution in [0.3, 0.4) is 0 Å². The lowest BCUT2D eigenvalue weighted by Gasteiger charge is -2.24. The largest absolute Gasteiger partial charge is 0.353 e. The molecule has 0 saturated carbocycles. The number of carbonyl (C=O) groups excluding carboxylic acids is 1. The van der Waals surface area contributed by atoms with Crippen LogP contribution in [-0.4, -0.2) is 11.9 Å². The van der Waals surface area contributed by atoms with Crippen molar-refractivity contribution < 1.29 is 4.79 Å². The monoisotopic (exact) mass is 213 g/mol. The van der Waals surface area contributed by atoms with E-state index in [1.54, 1.807) is 6.92 Å². The quantitative estimate of drug-likeness (QED) is 0.745. The zero-order valence-corrected chi connectivity index (χ0v) is 11.2. The summed E-state index contributed by atoms with van der Waals surface area (Å²) in [6.07, 6.45) is 3.50. The fourth-order valence-corrected chi connectivity index (χ4v) is 1.69. The van der Waals surface area contributed by atoms with Gasteiger partial charge in [-0.05, 0) is 24.2 Å². The molecule has 0 aliphatic heterocycles. The van der Waals surface area contributed by atoms with E-state index in [9.17, 15) is 4.79 Å². The first-order chi connectivity index (χ1) is 6.72. The molecule has 0 aliphatic rings. The van der Waals surface area contributed by atoms with Gasteiger partial charge in [0.25, 0.3) is 0 Å². The summed E-state index contributed by atoms with van der Waals surface area (Å²) in [5.41, 5.74) is 0.401. The van der Waals surface area contributed by atoms with Gasteiger partial charge in [0.15, 0.2) is 0 Å². The number of nitrogens with one attached hydrogen (secondary N) is 1. The summed E-state index contributed by atoms with van der Waals surface area (Å²) in [5, 5.41) is 3.03. The Bertz CT molecular complexity index is 191. The topological polar surface area (TPSA) is 29.1 Å². The van der Waals surface area contributed by atoms with Gasteiger partial charge in [-0.3, -0.25) is 4.79 Å². The van der Waals surface area contributed by atoms with E-state index >= 15 is 0 Å². The molecule has 2 heteroatoms. The SMILES string of the molecule is CC(=O)NC(CCCC(C)(C)C)C(C)C. The minimum Gasteiger partial charge on any atom is -0.353 e. The van der Waals surface area contributed by atoms with Crippen LogP contribution >= 0.6 is 0 Å². The normalized spacial score (nSPS) is 14.1. The number of rotatable bonds is 5. The Morgan fingerprint density at radius 1 is 1.27 bits per heavy atom. The molecule has 1 amide bonds. The Balaban J connectivity index is 3.92. The van der Waals surface area contributed by atoms with Crippen LogP contribution < -0.4 is 5.32 Å². The second kappa shape index (κ2) is 6.14. The molecule has 0 aromatic heterocycles. The molecule has 90 valence electrons. The van der Waals surface area contributed by atoms with Crippen LogP contribution in [0.15, 0.2) is 0 Å². The summed E-state index contributed by atoms with van der Waals surface area (Å²) in [4.78, 5) is 11.0. The minimum absolute atomic E-state index is 0.0875. The van der Waals surface area contributed by atoms with E-state index < -0.39 is 0 Å². The maximum absolute atomic E-state index is 11.0. The summed E-state index contributed by atoms with van der Waals surface area (Å²) >= 11 is 0. The van der Waals surface area contributed by atoms with Crippen LogP contribution in [0.2, 0.25) is 0 Å². The summed E-state index contributed by atoms with van der Waals surface area (Å²) in [7, 11) is 0. The molecular weight excluding hydrogens is 186 g/mol. The average molecular weight is 213 g/mol. The average Bonchev–Trinajstić information content (AvgIpc) is 1.99. The molecule has 0 aliphatic carbocycles. The Hall–Kier alpha value is -0.530. The van der Waals surface area contributed by atoms with Crippen LogP contribution in [0, 0.1) is 11.3 Å². The molecule has 1 unspecified atom stereocenters. The van der Waals surface area contributed by atoms with Crippen molar-refractivity contribution in [3.05, 3.63) is 0 Å². The highest BCUT2D eigenvalue weighted by Gasteiger charge is 2.16. The van der Waals surface area contributed by atoms with Crippen molar-refractivity contribution in [3.63, 3.8) is 0 Å². The molecule has 0 rings (SSSR count). The zero-order chi connectivity index (χ0) is 12.1. The molecule has 0 aromatic rings. The third-order valence-corrected chi connectivity index (χ3v) is 2.64. The molecule has 0 fully saturated rings. The van der Waals surface area contributed by atoms with Gasteiger partial charge in [0, 0.05) is 13.0 Å². The molecule has 0 radical (unpaired) electrons. The first kappa shape index (κ1) is 14.5. The molecule has 0 saturated heterocycles. The maximum atomic E-state index is 11.0. The molecule has 0 spiro atoms. The van der Waals surface area contributed by atoms with E-state index in [1.165, 1.54) is 12.8 Å². The zero-order valence-electron chi connectivity index (χ0n) is 11.2. The Labute approximate surface area is 94.8 Å². The molecule has 1 atom stereocenters. The standard InChI is InChI=1S/C13H27NO/c1-10(2)12(14-11(3)15)8-7-9-13(4,5)6/h10,12H,7-9H2,1-6H3,(H,14,15). The highest BCUT2D eigenvalue weighted by molar-refractivity contribution is 5.73. The Morgan fingerprint density at radius 2 is 1.80 bits per heavy atom.